The number of carbonyl (C=O) groups is 3. The van der Waals surface area contributed by atoms with Crippen LogP contribution >= 0.6 is 12.4 Å². The lowest BCUT2D eigenvalue weighted by Crippen LogP contribution is -2.43. The number of ether oxygens (including phenoxy) is 3. The maximum Gasteiger partial charge on any atom is 0.409 e. The van der Waals surface area contributed by atoms with Crippen molar-refractivity contribution in [3.63, 3.8) is 0 Å². The third-order valence-corrected chi connectivity index (χ3v) is 7.28. The zero-order chi connectivity index (χ0) is 31.1. The van der Waals surface area contributed by atoms with Gasteiger partial charge in [-0.25, -0.2) is 31.1 Å². The van der Waals surface area contributed by atoms with E-state index in [4.69, 9.17) is 0 Å². The molecule has 43 heavy (non-hydrogen) atoms. The van der Waals surface area contributed by atoms with Gasteiger partial charge in [0.25, 0.3) is 0 Å². The number of methoxy groups -OCH3 is 3. The molecule has 2 aliphatic rings. The molecule has 2 aromatic carbocycles. The predicted molar refractivity (Wildman–Crippen MR) is 142 cm³/mol. The third-order valence-electron chi connectivity index (χ3n) is 7.28. The van der Waals surface area contributed by atoms with Crippen LogP contribution in [0.25, 0.3) is 0 Å². The van der Waals surface area contributed by atoms with E-state index in [0.29, 0.717) is 31.4 Å². The monoisotopic (exact) mass is 640 g/mol. The van der Waals surface area contributed by atoms with Crippen molar-refractivity contribution in [3.05, 3.63) is 70.3 Å². The zero-order valence-electron chi connectivity index (χ0n) is 23.4. The van der Waals surface area contributed by atoms with Gasteiger partial charge in [0.15, 0.2) is 34.9 Å². The first-order valence-corrected chi connectivity index (χ1v) is 12.9. The second kappa shape index (κ2) is 15.8. The van der Waals surface area contributed by atoms with Crippen molar-refractivity contribution in [1.29, 1.82) is 0 Å². The standard InChI is InChI=1S/C15H16F3NO4.C13H14F3NO2.ClH/c1-22-14(20)8-3-4-19(15(21)23-2)12(7-8)9-5-10(16)13(18)11(17)6-9;1-19-13(18)7-2-3-17-11(6-7)8-4-9(14)12(16)10(15)5-8;/h5-6,8,12H,3-4,7H2,1-2H3;4-5,7,11,17H,2-3,6H2,1H3;1H. The normalized spacial score (nSPS) is 21.5. The number of nitrogens with zero attached hydrogens (tertiary/aromatic N) is 1. The number of amides is 1. The fourth-order valence-electron chi connectivity index (χ4n) is 5.09. The Hall–Kier alpha value is -3.52. The van der Waals surface area contributed by atoms with Crippen LogP contribution in [0.4, 0.5) is 31.1 Å². The van der Waals surface area contributed by atoms with Gasteiger partial charge in [-0.1, -0.05) is 0 Å². The predicted octanol–water partition coefficient (Wildman–Crippen LogP) is 5.54. The van der Waals surface area contributed by atoms with Gasteiger partial charge in [-0.2, -0.15) is 0 Å². The fraction of sp³-hybridized carbons (Fsp3) is 0.464. The molecule has 0 bridgehead atoms. The second-order valence-corrected chi connectivity index (χ2v) is 9.77. The molecule has 2 saturated heterocycles. The van der Waals surface area contributed by atoms with Gasteiger partial charge in [-0.15, -0.1) is 12.4 Å². The van der Waals surface area contributed by atoms with Crippen molar-refractivity contribution < 1.29 is 54.9 Å². The van der Waals surface area contributed by atoms with E-state index >= 15 is 0 Å². The molecule has 2 fully saturated rings. The average Bonchev–Trinajstić information content (AvgIpc) is 3.00. The molecule has 1 N–H and O–H groups in total. The molecular formula is C28H31ClF6N2O6. The van der Waals surface area contributed by atoms with Crippen LogP contribution in [-0.2, 0) is 23.8 Å². The van der Waals surface area contributed by atoms with E-state index in [2.05, 4.69) is 19.5 Å². The van der Waals surface area contributed by atoms with E-state index in [1.165, 1.54) is 26.2 Å². The largest absolute Gasteiger partial charge is 0.469 e. The Bertz CT molecular complexity index is 1270. The lowest BCUT2D eigenvalue weighted by atomic mass is 9.87. The fourth-order valence-corrected chi connectivity index (χ4v) is 5.09. The SMILES string of the molecule is COC(=O)C1CCN(C(=O)OC)C(c2cc(F)c(F)c(F)c2)C1.COC(=O)C1CCNC(c2cc(F)c(F)c(F)c2)C1.Cl. The van der Waals surface area contributed by atoms with Crippen LogP contribution < -0.4 is 5.32 Å². The van der Waals surface area contributed by atoms with Crippen molar-refractivity contribution in [2.45, 2.75) is 37.8 Å². The van der Waals surface area contributed by atoms with Crippen molar-refractivity contribution in [2.24, 2.45) is 11.8 Å². The summed E-state index contributed by atoms with van der Waals surface area (Å²) in [5, 5.41) is 3.05. The summed E-state index contributed by atoms with van der Waals surface area (Å²) in [6.07, 6.45) is 0.729. The van der Waals surface area contributed by atoms with Crippen molar-refractivity contribution in [3.8, 4) is 0 Å². The summed E-state index contributed by atoms with van der Waals surface area (Å²) < 4.78 is 93.4. The Morgan fingerprint density at radius 1 is 0.721 bits per heavy atom. The van der Waals surface area contributed by atoms with Crippen LogP contribution in [0.15, 0.2) is 24.3 Å². The van der Waals surface area contributed by atoms with Gasteiger partial charge in [-0.05, 0) is 67.6 Å². The molecule has 1 amide bonds. The van der Waals surface area contributed by atoms with Gasteiger partial charge in [0.2, 0.25) is 0 Å². The highest BCUT2D eigenvalue weighted by Crippen LogP contribution is 2.36. The summed E-state index contributed by atoms with van der Waals surface area (Å²) in [4.78, 5) is 36.3. The molecule has 0 radical (unpaired) electrons. The average molecular weight is 641 g/mol. The maximum atomic E-state index is 13.5. The maximum absolute atomic E-state index is 13.5. The Kier molecular flexibility index (Phi) is 13.1. The molecule has 8 nitrogen and oxygen atoms in total. The summed E-state index contributed by atoms with van der Waals surface area (Å²) in [6.45, 7) is 0.683. The molecule has 0 aromatic heterocycles. The molecule has 15 heteroatoms. The van der Waals surface area contributed by atoms with Crippen LogP contribution in [-0.4, -0.2) is 57.4 Å². The number of esters is 2. The number of halogens is 7. The van der Waals surface area contributed by atoms with Crippen LogP contribution in [0.1, 0.15) is 48.9 Å². The number of piperidine rings is 2. The first kappa shape index (κ1) is 35.7. The minimum absolute atomic E-state index is 0. The molecule has 2 heterocycles. The van der Waals surface area contributed by atoms with Gasteiger partial charge < -0.3 is 24.4 Å². The first-order chi connectivity index (χ1) is 19.9. The van der Waals surface area contributed by atoms with Gasteiger partial charge in [-0.3, -0.25) is 9.59 Å². The summed E-state index contributed by atoms with van der Waals surface area (Å²) in [5.74, 6) is -9.88. The van der Waals surface area contributed by atoms with Crippen molar-refractivity contribution >= 4 is 30.4 Å². The minimum Gasteiger partial charge on any atom is -0.469 e. The Morgan fingerprint density at radius 2 is 1.19 bits per heavy atom. The van der Waals surface area contributed by atoms with E-state index in [-0.39, 0.29) is 48.9 Å². The van der Waals surface area contributed by atoms with E-state index in [1.54, 1.807) is 0 Å². The number of hydrogen-bond donors (Lipinski definition) is 1. The number of nitrogens with one attached hydrogen (secondary N) is 1. The third kappa shape index (κ3) is 8.53. The lowest BCUT2D eigenvalue weighted by molar-refractivity contribution is -0.148. The van der Waals surface area contributed by atoms with Crippen LogP contribution in [0, 0.1) is 46.7 Å². The van der Waals surface area contributed by atoms with Crippen LogP contribution in [0.5, 0.6) is 0 Å². The molecule has 0 spiro atoms. The molecule has 4 unspecified atom stereocenters. The molecule has 4 atom stereocenters. The highest BCUT2D eigenvalue weighted by Gasteiger charge is 2.37. The van der Waals surface area contributed by atoms with Crippen molar-refractivity contribution in [2.75, 3.05) is 34.4 Å². The number of likely N-dealkylation sites (tertiary alicyclic amines) is 1. The molecule has 2 aromatic rings. The van der Waals surface area contributed by atoms with Crippen LogP contribution in [0.3, 0.4) is 0 Å². The molecule has 0 aliphatic carbocycles. The molecular weight excluding hydrogens is 610 g/mol. The Labute approximate surface area is 250 Å². The van der Waals surface area contributed by atoms with Gasteiger partial charge in [0.1, 0.15) is 0 Å². The molecule has 238 valence electrons. The highest BCUT2D eigenvalue weighted by atomic mass is 35.5. The second-order valence-electron chi connectivity index (χ2n) is 9.77. The zero-order valence-corrected chi connectivity index (χ0v) is 24.3. The number of benzene rings is 2. The summed E-state index contributed by atoms with van der Waals surface area (Å²) in [6, 6.07) is 2.34. The molecule has 0 saturated carbocycles. The lowest BCUT2D eigenvalue weighted by Gasteiger charge is -2.37. The number of rotatable bonds is 4. The summed E-state index contributed by atoms with van der Waals surface area (Å²) in [7, 11) is 3.72. The van der Waals surface area contributed by atoms with Gasteiger partial charge in [0.05, 0.1) is 39.2 Å². The van der Waals surface area contributed by atoms with E-state index in [0.717, 1.165) is 24.3 Å². The summed E-state index contributed by atoms with van der Waals surface area (Å²) >= 11 is 0. The quantitative estimate of drug-likeness (QED) is 0.203. The molecule has 4 rings (SSSR count). The van der Waals surface area contributed by atoms with E-state index in [1.807, 2.05) is 0 Å². The smallest absolute Gasteiger partial charge is 0.409 e. The van der Waals surface area contributed by atoms with Gasteiger partial charge in [0, 0.05) is 12.6 Å². The minimum atomic E-state index is -1.58. The topological polar surface area (TPSA) is 94.2 Å². The Balaban J connectivity index is 0.000000298. The number of hydrogen-bond acceptors (Lipinski definition) is 7. The number of carbonyl (C=O) groups excluding carboxylic acids is 3. The van der Waals surface area contributed by atoms with Crippen molar-refractivity contribution in [1.82, 2.24) is 10.2 Å². The van der Waals surface area contributed by atoms with Gasteiger partial charge >= 0.3 is 18.0 Å². The van der Waals surface area contributed by atoms with E-state index in [9.17, 15) is 40.7 Å². The first-order valence-electron chi connectivity index (χ1n) is 12.9. The Morgan fingerprint density at radius 3 is 1.65 bits per heavy atom. The summed E-state index contributed by atoms with van der Waals surface area (Å²) in [5.41, 5.74) is 0.352. The molecule has 2 aliphatic heterocycles. The van der Waals surface area contributed by atoms with Crippen LogP contribution in [0.2, 0.25) is 0 Å². The van der Waals surface area contributed by atoms with E-state index < -0.39 is 58.9 Å². The highest BCUT2D eigenvalue weighted by molar-refractivity contribution is 5.85.